The number of benzene rings is 1. The average Bonchev–Trinajstić information content (AvgIpc) is 3.23. The summed E-state index contributed by atoms with van der Waals surface area (Å²) in [5.41, 5.74) is 4.03. The maximum Gasteiger partial charge on any atom is 0.390 e. The van der Waals surface area contributed by atoms with Crippen molar-refractivity contribution in [2.75, 3.05) is 31.5 Å². The molecule has 3 aromatic rings. The Balaban J connectivity index is 1.41. The average molecular weight is 517 g/mol. The Morgan fingerprint density at radius 2 is 1.89 bits per heavy atom. The van der Waals surface area contributed by atoms with E-state index >= 15 is 0 Å². The normalized spacial score (nSPS) is 23.4. The molecule has 1 aromatic carbocycles. The van der Waals surface area contributed by atoms with E-state index in [4.69, 9.17) is 0 Å². The molecule has 0 amide bonds. The van der Waals surface area contributed by atoms with Crippen LogP contribution in [0.4, 0.5) is 19.1 Å². The molecule has 5 rings (SSSR count). The van der Waals surface area contributed by atoms with Gasteiger partial charge in [0.15, 0.2) is 0 Å². The van der Waals surface area contributed by atoms with Crippen LogP contribution in [0.1, 0.15) is 50.6 Å². The van der Waals surface area contributed by atoms with E-state index in [-0.39, 0.29) is 24.6 Å². The highest BCUT2D eigenvalue weighted by Crippen LogP contribution is 2.37. The lowest BCUT2D eigenvalue weighted by Gasteiger charge is -2.31. The van der Waals surface area contributed by atoms with Crippen molar-refractivity contribution in [1.82, 2.24) is 24.8 Å². The summed E-state index contributed by atoms with van der Waals surface area (Å²) in [5.74, 6) is 0.194. The van der Waals surface area contributed by atoms with Crippen molar-refractivity contribution >= 4 is 17.0 Å². The number of piperazine rings is 1. The summed E-state index contributed by atoms with van der Waals surface area (Å²) < 4.78 is 39.9. The SMILES string of the molecule is C[C@H]1CN(Cc2ccc(-c3cn(C4CCC(O)CC4)c4nc(NCCC(F)(F)F)ncc34)cc2)CCN1. The Morgan fingerprint density at radius 3 is 2.59 bits per heavy atom. The van der Waals surface area contributed by atoms with E-state index in [0.29, 0.717) is 11.7 Å². The smallest absolute Gasteiger partial charge is 0.390 e. The zero-order chi connectivity index (χ0) is 26.0. The van der Waals surface area contributed by atoms with E-state index in [1.54, 1.807) is 6.20 Å². The Labute approximate surface area is 215 Å². The van der Waals surface area contributed by atoms with Crippen LogP contribution in [-0.4, -0.2) is 69.0 Å². The predicted molar refractivity (Wildman–Crippen MR) is 138 cm³/mol. The summed E-state index contributed by atoms with van der Waals surface area (Å²) in [6.07, 6.45) is 1.44. The molecule has 10 heteroatoms. The molecule has 1 saturated carbocycles. The first-order chi connectivity index (χ1) is 17.7. The molecule has 200 valence electrons. The first kappa shape index (κ1) is 25.9. The number of aliphatic hydroxyl groups is 1. The van der Waals surface area contributed by atoms with Crippen molar-refractivity contribution in [2.45, 2.75) is 69.9 Å². The third kappa shape index (κ3) is 6.42. The van der Waals surface area contributed by atoms with Crippen LogP contribution in [0.3, 0.4) is 0 Å². The Hall–Kier alpha value is -2.69. The minimum Gasteiger partial charge on any atom is -0.393 e. The first-order valence-electron chi connectivity index (χ1n) is 13.2. The molecule has 1 aliphatic heterocycles. The van der Waals surface area contributed by atoms with Crippen molar-refractivity contribution in [3.05, 3.63) is 42.2 Å². The number of rotatable bonds is 7. The van der Waals surface area contributed by atoms with E-state index in [1.807, 2.05) is 0 Å². The molecule has 1 aliphatic carbocycles. The summed E-state index contributed by atoms with van der Waals surface area (Å²) >= 11 is 0. The molecule has 1 saturated heterocycles. The molecule has 2 aliphatic rings. The van der Waals surface area contributed by atoms with Gasteiger partial charge in [-0.15, -0.1) is 0 Å². The lowest BCUT2D eigenvalue weighted by molar-refractivity contribution is -0.131. The van der Waals surface area contributed by atoms with Gasteiger partial charge in [-0.3, -0.25) is 4.90 Å². The lowest BCUT2D eigenvalue weighted by atomic mass is 9.93. The van der Waals surface area contributed by atoms with E-state index < -0.39 is 12.6 Å². The van der Waals surface area contributed by atoms with Crippen LogP contribution in [0.2, 0.25) is 0 Å². The fourth-order valence-corrected chi connectivity index (χ4v) is 5.48. The highest BCUT2D eigenvalue weighted by molar-refractivity contribution is 5.94. The van der Waals surface area contributed by atoms with Crippen molar-refractivity contribution in [1.29, 1.82) is 0 Å². The quantitative estimate of drug-likeness (QED) is 0.421. The molecule has 3 heterocycles. The number of nitrogens with zero attached hydrogens (tertiary/aromatic N) is 4. The summed E-state index contributed by atoms with van der Waals surface area (Å²) in [4.78, 5) is 11.4. The maximum absolute atomic E-state index is 12.6. The van der Waals surface area contributed by atoms with Gasteiger partial charge in [0.05, 0.1) is 12.5 Å². The molecule has 0 radical (unpaired) electrons. The van der Waals surface area contributed by atoms with Crippen LogP contribution in [0.5, 0.6) is 0 Å². The van der Waals surface area contributed by atoms with Gasteiger partial charge in [0.2, 0.25) is 5.95 Å². The largest absolute Gasteiger partial charge is 0.393 e. The number of anilines is 1. The molecule has 7 nitrogen and oxygen atoms in total. The number of alkyl halides is 3. The summed E-state index contributed by atoms with van der Waals surface area (Å²) in [5, 5.41) is 17.1. The predicted octanol–water partition coefficient (Wildman–Crippen LogP) is 4.73. The fraction of sp³-hybridized carbons (Fsp3) is 0.556. The number of hydrogen-bond donors (Lipinski definition) is 3. The van der Waals surface area contributed by atoms with E-state index in [2.05, 4.69) is 67.5 Å². The Bertz CT molecular complexity index is 1190. The lowest BCUT2D eigenvalue weighted by Crippen LogP contribution is -2.48. The second kappa shape index (κ2) is 11.0. The standard InChI is InChI=1S/C27H35F3N6O/c1-18-15-35(13-12-31-18)16-19-2-4-20(5-3-19)24-17-36(21-6-8-22(37)9-7-21)25-23(24)14-33-26(34-25)32-11-10-27(28,29)30/h2-5,14,17-18,21-22,31,37H,6-13,15-16H2,1H3,(H,32,33,34)/t18-,21?,22?/m0/s1. The highest BCUT2D eigenvalue weighted by atomic mass is 19.4. The van der Waals surface area contributed by atoms with E-state index in [1.165, 1.54) is 5.56 Å². The second-order valence-electron chi connectivity index (χ2n) is 10.4. The number of fused-ring (bicyclic) bond motifs is 1. The molecule has 2 fully saturated rings. The molecule has 3 N–H and O–H groups in total. The van der Waals surface area contributed by atoms with Crippen LogP contribution in [0, 0.1) is 0 Å². The Morgan fingerprint density at radius 1 is 1.14 bits per heavy atom. The monoisotopic (exact) mass is 516 g/mol. The molecular weight excluding hydrogens is 481 g/mol. The Kier molecular flexibility index (Phi) is 7.69. The van der Waals surface area contributed by atoms with Gasteiger partial charge in [0, 0.05) is 68.2 Å². The third-order valence-corrected chi connectivity index (χ3v) is 7.45. The zero-order valence-electron chi connectivity index (χ0n) is 21.1. The van der Waals surface area contributed by atoms with Crippen LogP contribution < -0.4 is 10.6 Å². The van der Waals surface area contributed by atoms with Gasteiger partial charge in [-0.05, 0) is 43.7 Å². The van der Waals surface area contributed by atoms with E-state index in [0.717, 1.165) is 68.4 Å². The molecule has 2 aromatic heterocycles. The number of nitrogens with one attached hydrogen (secondary N) is 2. The third-order valence-electron chi connectivity index (χ3n) is 7.45. The van der Waals surface area contributed by atoms with Crippen LogP contribution in [0.25, 0.3) is 22.2 Å². The summed E-state index contributed by atoms with van der Waals surface area (Å²) in [6, 6.07) is 9.24. The van der Waals surface area contributed by atoms with Crippen LogP contribution in [-0.2, 0) is 6.54 Å². The highest BCUT2D eigenvalue weighted by Gasteiger charge is 2.27. The van der Waals surface area contributed by atoms with Gasteiger partial charge in [-0.1, -0.05) is 24.3 Å². The molecular formula is C27H35F3N6O. The van der Waals surface area contributed by atoms with Gasteiger partial charge >= 0.3 is 6.18 Å². The van der Waals surface area contributed by atoms with Crippen LogP contribution in [0.15, 0.2) is 36.7 Å². The van der Waals surface area contributed by atoms with Gasteiger partial charge < -0.3 is 20.3 Å². The topological polar surface area (TPSA) is 78.2 Å². The van der Waals surface area contributed by atoms with Gasteiger partial charge in [-0.25, -0.2) is 4.98 Å². The van der Waals surface area contributed by atoms with Gasteiger partial charge in [0.25, 0.3) is 0 Å². The van der Waals surface area contributed by atoms with Gasteiger partial charge in [-0.2, -0.15) is 18.2 Å². The van der Waals surface area contributed by atoms with Crippen molar-refractivity contribution < 1.29 is 18.3 Å². The number of halogens is 3. The molecule has 0 spiro atoms. The number of hydrogen-bond acceptors (Lipinski definition) is 6. The fourth-order valence-electron chi connectivity index (χ4n) is 5.48. The molecule has 1 atom stereocenters. The minimum absolute atomic E-state index is 0.173. The maximum atomic E-state index is 12.6. The second-order valence-corrected chi connectivity index (χ2v) is 10.4. The number of aromatic nitrogens is 3. The van der Waals surface area contributed by atoms with Crippen molar-refractivity contribution in [2.24, 2.45) is 0 Å². The number of aliphatic hydroxyl groups excluding tert-OH is 1. The zero-order valence-corrected chi connectivity index (χ0v) is 21.1. The minimum atomic E-state index is -4.23. The molecule has 37 heavy (non-hydrogen) atoms. The molecule has 0 bridgehead atoms. The van der Waals surface area contributed by atoms with Crippen LogP contribution >= 0.6 is 0 Å². The van der Waals surface area contributed by atoms with Crippen molar-refractivity contribution in [3.63, 3.8) is 0 Å². The first-order valence-corrected chi connectivity index (χ1v) is 13.2. The van der Waals surface area contributed by atoms with Gasteiger partial charge in [0.1, 0.15) is 5.65 Å². The molecule has 0 unspecified atom stereocenters. The van der Waals surface area contributed by atoms with Crippen molar-refractivity contribution in [3.8, 4) is 11.1 Å². The summed E-state index contributed by atoms with van der Waals surface area (Å²) in [6.45, 7) is 5.91. The summed E-state index contributed by atoms with van der Waals surface area (Å²) in [7, 11) is 0. The van der Waals surface area contributed by atoms with E-state index in [9.17, 15) is 18.3 Å².